The van der Waals surface area contributed by atoms with E-state index in [2.05, 4.69) is 33.6 Å². The number of rotatable bonds is 16. The first-order valence-corrected chi connectivity index (χ1v) is 12.7. The maximum atomic E-state index is 13.1. The Morgan fingerprint density at radius 2 is 1.51 bits per heavy atom. The van der Waals surface area contributed by atoms with Crippen molar-refractivity contribution in [3.63, 3.8) is 0 Å². The van der Waals surface area contributed by atoms with Crippen molar-refractivity contribution < 1.29 is 24.3 Å². The van der Waals surface area contributed by atoms with Crippen molar-refractivity contribution in [2.45, 2.75) is 63.7 Å². The van der Waals surface area contributed by atoms with Gasteiger partial charge in [0.05, 0.1) is 6.04 Å². The van der Waals surface area contributed by atoms with E-state index in [-0.39, 0.29) is 37.0 Å². The number of hydrogen-bond acceptors (Lipinski definition) is 7. The van der Waals surface area contributed by atoms with Gasteiger partial charge < -0.3 is 38.3 Å². The third kappa shape index (κ3) is 12.5. The van der Waals surface area contributed by atoms with Crippen molar-refractivity contribution >= 4 is 42.3 Å². The van der Waals surface area contributed by atoms with Crippen molar-refractivity contribution in [2.75, 3.05) is 12.3 Å². The second kappa shape index (κ2) is 16.4. The molecule has 3 amide bonds. The third-order valence-electron chi connectivity index (χ3n) is 5.35. The van der Waals surface area contributed by atoms with E-state index in [1.54, 1.807) is 30.3 Å². The van der Waals surface area contributed by atoms with E-state index < -0.39 is 47.9 Å². The molecule has 0 aliphatic rings. The van der Waals surface area contributed by atoms with Gasteiger partial charge in [-0.05, 0) is 30.7 Å². The van der Waals surface area contributed by atoms with Gasteiger partial charge in [0, 0.05) is 18.7 Å². The summed E-state index contributed by atoms with van der Waals surface area (Å²) in [5, 5.41) is 17.3. The molecule has 0 fully saturated rings. The second-order valence-electron chi connectivity index (χ2n) is 9.08. The second-order valence-corrected chi connectivity index (χ2v) is 9.44. The largest absolute Gasteiger partial charge is 0.480 e. The van der Waals surface area contributed by atoms with Crippen LogP contribution in [0.15, 0.2) is 35.3 Å². The van der Waals surface area contributed by atoms with Crippen molar-refractivity contribution in [1.29, 1.82) is 0 Å². The number of benzene rings is 1. The Kier molecular flexibility index (Phi) is 14.1. The van der Waals surface area contributed by atoms with Crippen molar-refractivity contribution in [3.05, 3.63) is 35.9 Å². The molecule has 1 aromatic rings. The molecule has 206 valence electrons. The zero-order valence-corrected chi connectivity index (χ0v) is 22.1. The molecule has 10 N–H and O–H groups in total. The van der Waals surface area contributed by atoms with E-state index >= 15 is 0 Å². The molecule has 0 aromatic heterocycles. The number of carbonyl (C=O) groups excluding carboxylic acids is 3. The zero-order valence-electron chi connectivity index (χ0n) is 21.2. The first-order valence-electron chi connectivity index (χ1n) is 12.0. The van der Waals surface area contributed by atoms with E-state index in [1.165, 1.54) is 0 Å². The van der Waals surface area contributed by atoms with Gasteiger partial charge in [-0.1, -0.05) is 44.2 Å². The van der Waals surface area contributed by atoms with Crippen LogP contribution in [0.2, 0.25) is 0 Å². The van der Waals surface area contributed by atoms with Crippen molar-refractivity contribution in [3.8, 4) is 0 Å². The molecule has 0 saturated carbocycles. The molecule has 1 aromatic carbocycles. The van der Waals surface area contributed by atoms with Gasteiger partial charge in [0.1, 0.15) is 18.1 Å². The number of aliphatic imine (C=N–C) groups is 1. The van der Waals surface area contributed by atoms with Crippen LogP contribution in [-0.2, 0) is 25.6 Å². The Bertz CT molecular complexity index is 925. The van der Waals surface area contributed by atoms with Gasteiger partial charge in [0.25, 0.3) is 0 Å². The minimum Gasteiger partial charge on any atom is -0.480 e. The number of thiol groups is 1. The first-order chi connectivity index (χ1) is 17.4. The number of carboxylic acid groups (broad SMARTS) is 1. The number of aliphatic carboxylic acids is 1. The Labute approximate surface area is 222 Å². The summed E-state index contributed by atoms with van der Waals surface area (Å²) in [5.41, 5.74) is 17.3. The topological polar surface area (TPSA) is 215 Å². The molecular formula is C24H39N7O5S. The highest BCUT2D eigenvalue weighted by Crippen LogP contribution is 2.07. The van der Waals surface area contributed by atoms with E-state index in [9.17, 15) is 24.3 Å². The molecule has 4 unspecified atom stereocenters. The fraction of sp³-hybridized carbons (Fsp3) is 0.542. The molecule has 37 heavy (non-hydrogen) atoms. The fourth-order valence-electron chi connectivity index (χ4n) is 3.45. The molecule has 4 atom stereocenters. The molecule has 0 radical (unpaired) electrons. The van der Waals surface area contributed by atoms with Crippen LogP contribution in [0.3, 0.4) is 0 Å². The standard InChI is InChI=1S/C24H39N7O5S/c1-14(2)11-16(25)20(32)31-19(13-37)22(34)29-17(9-6-10-28-24(26)27)21(33)30-18(23(35)36)12-15-7-4-3-5-8-15/h3-5,7-8,14,16-19,37H,6,9-13,25H2,1-2H3,(H,29,34)(H,30,33)(H,31,32)(H,35,36)(H4,26,27,28). The van der Waals surface area contributed by atoms with Gasteiger partial charge in [0.2, 0.25) is 17.7 Å². The Balaban J connectivity index is 2.96. The number of guanidine groups is 1. The average molecular weight is 538 g/mol. The van der Waals surface area contributed by atoms with Gasteiger partial charge in [-0.2, -0.15) is 12.6 Å². The highest BCUT2D eigenvalue weighted by Gasteiger charge is 2.30. The highest BCUT2D eigenvalue weighted by molar-refractivity contribution is 7.80. The number of nitrogens with zero attached hydrogens (tertiary/aromatic N) is 1. The molecule has 12 nitrogen and oxygen atoms in total. The summed E-state index contributed by atoms with van der Waals surface area (Å²) in [7, 11) is 0. The fourth-order valence-corrected chi connectivity index (χ4v) is 3.71. The number of carboxylic acids is 1. The lowest BCUT2D eigenvalue weighted by atomic mass is 10.0. The Morgan fingerprint density at radius 1 is 0.946 bits per heavy atom. The van der Waals surface area contributed by atoms with Gasteiger partial charge in [-0.3, -0.25) is 19.4 Å². The SMILES string of the molecule is CC(C)CC(N)C(=O)NC(CS)C(=O)NC(CCCN=C(N)N)C(=O)NC(Cc1ccccc1)C(=O)O. The third-order valence-corrected chi connectivity index (χ3v) is 5.72. The average Bonchev–Trinajstić information content (AvgIpc) is 2.83. The smallest absolute Gasteiger partial charge is 0.326 e. The Morgan fingerprint density at radius 3 is 2.05 bits per heavy atom. The van der Waals surface area contributed by atoms with Gasteiger partial charge in [-0.15, -0.1) is 0 Å². The lowest BCUT2D eigenvalue weighted by Crippen LogP contribution is -2.57. The molecule has 13 heteroatoms. The van der Waals surface area contributed by atoms with Crippen LogP contribution in [0, 0.1) is 5.92 Å². The molecule has 0 aliphatic carbocycles. The first kappa shape index (κ1) is 31.7. The number of nitrogens with one attached hydrogen (secondary N) is 3. The lowest BCUT2D eigenvalue weighted by Gasteiger charge is -2.25. The quantitative estimate of drug-likeness (QED) is 0.0572. The number of amides is 3. The van der Waals surface area contributed by atoms with Crippen LogP contribution >= 0.6 is 12.6 Å². The maximum Gasteiger partial charge on any atom is 0.326 e. The van der Waals surface area contributed by atoms with Crippen LogP contribution in [-0.4, -0.2) is 71.2 Å². The van der Waals surface area contributed by atoms with Gasteiger partial charge in [0.15, 0.2) is 5.96 Å². The highest BCUT2D eigenvalue weighted by atomic mass is 32.1. The number of hydrogen-bond donors (Lipinski definition) is 8. The summed E-state index contributed by atoms with van der Waals surface area (Å²) in [5.74, 6) is -3.05. The summed E-state index contributed by atoms with van der Waals surface area (Å²) < 4.78 is 0. The van der Waals surface area contributed by atoms with Crippen molar-refractivity contribution in [2.24, 2.45) is 28.1 Å². The minimum atomic E-state index is -1.22. The number of carbonyl (C=O) groups is 4. The summed E-state index contributed by atoms with van der Waals surface area (Å²) in [6, 6.07) is 4.64. The van der Waals surface area contributed by atoms with Crippen LogP contribution in [0.1, 0.15) is 38.7 Å². The zero-order chi connectivity index (χ0) is 28.0. The molecule has 0 heterocycles. The lowest BCUT2D eigenvalue weighted by molar-refractivity contribution is -0.142. The summed E-state index contributed by atoms with van der Waals surface area (Å²) in [6.07, 6.45) is 0.927. The predicted molar refractivity (Wildman–Crippen MR) is 145 cm³/mol. The maximum absolute atomic E-state index is 13.1. The van der Waals surface area contributed by atoms with E-state index in [0.717, 1.165) is 5.56 Å². The normalized spacial score (nSPS) is 14.1. The molecule has 0 saturated heterocycles. The Hall–Kier alpha value is -3.32. The van der Waals surface area contributed by atoms with Crippen LogP contribution in [0.5, 0.6) is 0 Å². The van der Waals surface area contributed by atoms with E-state index in [1.807, 2.05) is 13.8 Å². The van der Waals surface area contributed by atoms with Gasteiger partial charge in [-0.25, -0.2) is 4.79 Å². The summed E-state index contributed by atoms with van der Waals surface area (Å²) in [4.78, 5) is 54.1. The predicted octanol–water partition coefficient (Wildman–Crippen LogP) is -0.875. The molecule has 0 spiro atoms. The van der Waals surface area contributed by atoms with Crippen LogP contribution in [0.4, 0.5) is 0 Å². The summed E-state index contributed by atoms with van der Waals surface area (Å²) >= 11 is 4.15. The van der Waals surface area contributed by atoms with E-state index in [4.69, 9.17) is 17.2 Å². The monoisotopic (exact) mass is 537 g/mol. The van der Waals surface area contributed by atoms with E-state index in [0.29, 0.717) is 12.8 Å². The van der Waals surface area contributed by atoms with Crippen LogP contribution in [0.25, 0.3) is 0 Å². The summed E-state index contributed by atoms with van der Waals surface area (Å²) in [6.45, 7) is 4.04. The molecule has 0 aliphatic heterocycles. The van der Waals surface area contributed by atoms with Crippen LogP contribution < -0.4 is 33.2 Å². The van der Waals surface area contributed by atoms with Gasteiger partial charge >= 0.3 is 5.97 Å². The minimum absolute atomic E-state index is 0.0416. The molecule has 0 bridgehead atoms. The molecular weight excluding hydrogens is 498 g/mol. The number of nitrogens with two attached hydrogens (primary N) is 3. The van der Waals surface area contributed by atoms with Crippen molar-refractivity contribution in [1.82, 2.24) is 16.0 Å². The molecule has 1 rings (SSSR count).